The molecular weight excluding hydrogens is 132 g/mol. The van der Waals surface area contributed by atoms with Crippen LogP contribution in [0.25, 0.3) is 0 Å². The zero-order valence-electron chi connectivity index (χ0n) is 5.29. The van der Waals surface area contributed by atoms with Gasteiger partial charge in [-0.2, -0.15) is 0 Å². The summed E-state index contributed by atoms with van der Waals surface area (Å²) in [5.74, 6) is -0.538. The van der Waals surface area contributed by atoms with Crippen LogP contribution >= 0.6 is 0 Å². The molecule has 0 aromatic rings. The van der Waals surface area contributed by atoms with Crippen molar-refractivity contribution in [2.24, 2.45) is 5.73 Å². The molecule has 0 aliphatic carbocycles. The van der Waals surface area contributed by atoms with Crippen LogP contribution in [0.5, 0.6) is 0 Å². The van der Waals surface area contributed by atoms with Gasteiger partial charge in [-0.1, -0.05) is 6.08 Å². The smallest absolute Gasteiger partial charge is 0.335 e. The number of aliphatic carboxylic acids is 1. The molecule has 1 aliphatic rings. The highest BCUT2D eigenvalue weighted by Crippen LogP contribution is 2.01. The minimum absolute atomic E-state index is 0.247. The average Bonchev–Trinajstić information content (AvgIpc) is 1.88. The van der Waals surface area contributed by atoms with E-state index in [4.69, 9.17) is 10.8 Å². The van der Waals surface area contributed by atoms with Crippen LogP contribution in [0.1, 0.15) is 0 Å². The summed E-state index contributed by atoms with van der Waals surface area (Å²) in [6, 6.07) is 0. The van der Waals surface area contributed by atoms with Gasteiger partial charge < -0.3 is 16.2 Å². The van der Waals surface area contributed by atoms with Crippen LogP contribution in [-0.2, 0) is 4.79 Å². The monoisotopic (exact) mass is 140 g/mol. The first-order chi connectivity index (χ1) is 4.70. The van der Waals surface area contributed by atoms with Crippen LogP contribution < -0.4 is 11.1 Å². The number of carboxylic acids is 1. The standard InChI is InChI=1S/C6H8N2O2/c7-5-3-4(6(9)10)1-2-8-5/h1,3,8H,2,7H2,(H,9,10). The predicted molar refractivity (Wildman–Crippen MR) is 36.0 cm³/mol. The molecule has 54 valence electrons. The van der Waals surface area contributed by atoms with Gasteiger partial charge >= 0.3 is 5.97 Å². The molecule has 4 heteroatoms. The van der Waals surface area contributed by atoms with Crippen molar-refractivity contribution >= 4 is 5.97 Å². The number of nitrogens with one attached hydrogen (secondary N) is 1. The van der Waals surface area contributed by atoms with Gasteiger partial charge in [0, 0.05) is 6.54 Å². The van der Waals surface area contributed by atoms with E-state index in [1.807, 2.05) is 0 Å². The number of nitrogens with two attached hydrogens (primary N) is 1. The zero-order chi connectivity index (χ0) is 7.56. The van der Waals surface area contributed by atoms with E-state index in [1.165, 1.54) is 6.08 Å². The maximum atomic E-state index is 10.3. The normalized spacial score (nSPS) is 16.8. The third-order valence-corrected chi connectivity index (χ3v) is 1.19. The van der Waals surface area contributed by atoms with Crippen molar-refractivity contribution in [1.82, 2.24) is 5.32 Å². The Morgan fingerprint density at radius 1 is 1.80 bits per heavy atom. The highest BCUT2D eigenvalue weighted by Gasteiger charge is 2.07. The van der Waals surface area contributed by atoms with E-state index in [0.29, 0.717) is 12.4 Å². The summed E-state index contributed by atoms with van der Waals surface area (Å²) < 4.78 is 0. The second kappa shape index (κ2) is 2.43. The highest BCUT2D eigenvalue weighted by atomic mass is 16.4. The molecule has 0 atom stereocenters. The van der Waals surface area contributed by atoms with Crippen molar-refractivity contribution in [1.29, 1.82) is 0 Å². The van der Waals surface area contributed by atoms with Crippen molar-refractivity contribution in [3.63, 3.8) is 0 Å². The maximum absolute atomic E-state index is 10.3. The molecule has 0 spiro atoms. The Bertz CT molecular complexity index is 218. The van der Waals surface area contributed by atoms with Gasteiger partial charge in [0.2, 0.25) is 0 Å². The van der Waals surface area contributed by atoms with E-state index in [-0.39, 0.29) is 5.57 Å². The molecule has 0 fully saturated rings. The second-order valence-electron chi connectivity index (χ2n) is 1.95. The van der Waals surface area contributed by atoms with Crippen molar-refractivity contribution < 1.29 is 9.90 Å². The van der Waals surface area contributed by atoms with Gasteiger partial charge in [-0.25, -0.2) is 4.79 Å². The number of dihydropyridines is 1. The van der Waals surface area contributed by atoms with Crippen molar-refractivity contribution in [2.75, 3.05) is 6.54 Å². The lowest BCUT2D eigenvalue weighted by molar-refractivity contribution is -0.132. The number of carbonyl (C=O) groups is 1. The van der Waals surface area contributed by atoms with Crippen LogP contribution in [0.4, 0.5) is 0 Å². The number of carboxylic acid groups (broad SMARTS) is 1. The summed E-state index contributed by atoms with van der Waals surface area (Å²) in [6.45, 7) is 0.490. The van der Waals surface area contributed by atoms with Crippen molar-refractivity contribution in [3.05, 3.63) is 23.5 Å². The Morgan fingerprint density at radius 2 is 2.50 bits per heavy atom. The fourth-order valence-electron chi connectivity index (χ4n) is 0.705. The molecule has 0 amide bonds. The topological polar surface area (TPSA) is 75.4 Å². The number of rotatable bonds is 1. The molecule has 0 aromatic carbocycles. The molecule has 0 aromatic heterocycles. The number of hydrogen-bond donors (Lipinski definition) is 3. The molecule has 4 N–H and O–H groups in total. The summed E-state index contributed by atoms with van der Waals surface area (Å²) in [4.78, 5) is 10.3. The van der Waals surface area contributed by atoms with Crippen LogP contribution in [0.15, 0.2) is 23.5 Å². The first-order valence-electron chi connectivity index (χ1n) is 2.84. The second-order valence-corrected chi connectivity index (χ2v) is 1.95. The van der Waals surface area contributed by atoms with Crippen molar-refractivity contribution in [3.8, 4) is 0 Å². The Morgan fingerprint density at radius 3 is 2.90 bits per heavy atom. The molecule has 1 rings (SSSR count). The third-order valence-electron chi connectivity index (χ3n) is 1.19. The lowest BCUT2D eigenvalue weighted by Crippen LogP contribution is -2.24. The van der Waals surface area contributed by atoms with Gasteiger partial charge in [-0.05, 0) is 6.08 Å². The quantitative estimate of drug-likeness (QED) is 0.454. The van der Waals surface area contributed by atoms with E-state index >= 15 is 0 Å². The summed E-state index contributed by atoms with van der Waals surface area (Å²) in [6.07, 6.45) is 2.96. The molecule has 10 heavy (non-hydrogen) atoms. The van der Waals surface area contributed by atoms with Crippen LogP contribution in [-0.4, -0.2) is 17.6 Å². The lowest BCUT2D eigenvalue weighted by Gasteiger charge is -2.08. The molecule has 0 unspecified atom stereocenters. The molecule has 0 saturated carbocycles. The minimum Gasteiger partial charge on any atom is -0.478 e. The summed E-state index contributed by atoms with van der Waals surface area (Å²) >= 11 is 0. The van der Waals surface area contributed by atoms with Gasteiger partial charge in [0.25, 0.3) is 0 Å². The predicted octanol–water partition coefficient (Wildman–Crippen LogP) is -0.599. The van der Waals surface area contributed by atoms with Gasteiger partial charge in [0.15, 0.2) is 0 Å². The van der Waals surface area contributed by atoms with Crippen LogP contribution in [0.3, 0.4) is 0 Å². The SMILES string of the molecule is NC1=CC(C(=O)O)=CCN1. The minimum atomic E-state index is -0.940. The largest absolute Gasteiger partial charge is 0.478 e. The summed E-state index contributed by atoms with van der Waals surface area (Å²) in [7, 11) is 0. The van der Waals surface area contributed by atoms with E-state index in [0.717, 1.165) is 0 Å². The molecular formula is C6H8N2O2. The average molecular weight is 140 g/mol. The molecule has 0 radical (unpaired) electrons. The molecule has 1 aliphatic heterocycles. The van der Waals surface area contributed by atoms with E-state index in [9.17, 15) is 4.79 Å². The maximum Gasteiger partial charge on any atom is 0.335 e. The summed E-state index contributed by atoms with van der Waals surface area (Å²) in [5.41, 5.74) is 5.56. The Balaban J connectivity index is 2.79. The fraction of sp³-hybridized carbons (Fsp3) is 0.167. The Hall–Kier alpha value is -1.45. The van der Waals surface area contributed by atoms with Crippen LogP contribution in [0.2, 0.25) is 0 Å². The van der Waals surface area contributed by atoms with E-state index in [1.54, 1.807) is 6.08 Å². The Kier molecular flexibility index (Phi) is 1.62. The molecule has 0 saturated heterocycles. The van der Waals surface area contributed by atoms with Crippen molar-refractivity contribution in [2.45, 2.75) is 0 Å². The Labute approximate surface area is 58.0 Å². The first kappa shape index (κ1) is 6.67. The van der Waals surface area contributed by atoms with Gasteiger partial charge in [-0.15, -0.1) is 0 Å². The molecule has 4 nitrogen and oxygen atoms in total. The highest BCUT2D eigenvalue weighted by molar-refractivity contribution is 5.90. The van der Waals surface area contributed by atoms with Gasteiger partial charge in [0.05, 0.1) is 11.4 Å². The van der Waals surface area contributed by atoms with Gasteiger partial charge in [-0.3, -0.25) is 0 Å². The summed E-state index contributed by atoms with van der Waals surface area (Å²) in [5, 5.41) is 11.2. The van der Waals surface area contributed by atoms with Gasteiger partial charge in [0.1, 0.15) is 0 Å². The van der Waals surface area contributed by atoms with Crippen LogP contribution in [0, 0.1) is 0 Å². The molecule has 1 heterocycles. The molecule has 0 bridgehead atoms. The lowest BCUT2D eigenvalue weighted by atomic mass is 10.2. The van der Waals surface area contributed by atoms with E-state index in [2.05, 4.69) is 5.32 Å². The fourth-order valence-corrected chi connectivity index (χ4v) is 0.705. The zero-order valence-corrected chi connectivity index (χ0v) is 5.29. The third kappa shape index (κ3) is 1.28. The van der Waals surface area contributed by atoms with E-state index < -0.39 is 5.97 Å². The first-order valence-corrected chi connectivity index (χ1v) is 2.84. The number of hydrogen-bond acceptors (Lipinski definition) is 3.